The second-order valence-electron chi connectivity index (χ2n) is 10.8. The van der Waals surface area contributed by atoms with Gasteiger partial charge in [-0.05, 0) is 73.5 Å². The first kappa shape index (κ1) is 31.5. The van der Waals surface area contributed by atoms with Gasteiger partial charge in [-0.3, -0.25) is 19.3 Å². The summed E-state index contributed by atoms with van der Waals surface area (Å²) in [5.41, 5.74) is 1.41. The van der Waals surface area contributed by atoms with Crippen molar-refractivity contribution in [2.75, 3.05) is 32.8 Å². The van der Waals surface area contributed by atoms with Crippen molar-refractivity contribution in [3.8, 4) is 17.2 Å². The molecule has 0 aliphatic carbocycles. The number of anilines is 1. The number of thiophene rings is 1. The average Bonchev–Trinajstić information content (AvgIpc) is 3.48. The van der Waals surface area contributed by atoms with Crippen LogP contribution in [-0.2, 0) is 9.59 Å². The molecule has 3 aromatic rings. The molecule has 41 heavy (non-hydrogen) atoms. The summed E-state index contributed by atoms with van der Waals surface area (Å²) in [5.74, 6) is 0.0389. The Bertz CT molecular complexity index is 1320. The molecule has 0 aliphatic rings. The maximum Gasteiger partial charge on any atom is 0.261 e. The Labute approximate surface area is 245 Å². The lowest BCUT2D eigenvalue weighted by molar-refractivity contribution is -0.127. The van der Waals surface area contributed by atoms with E-state index in [-0.39, 0.29) is 18.4 Å². The Morgan fingerprint density at radius 2 is 1.51 bits per heavy atom. The zero-order valence-electron chi connectivity index (χ0n) is 24.9. The van der Waals surface area contributed by atoms with Crippen molar-refractivity contribution in [1.82, 2.24) is 10.6 Å². The lowest BCUT2D eigenvalue weighted by Gasteiger charge is -2.34. The molecule has 0 saturated carbocycles. The predicted molar refractivity (Wildman–Crippen MR) is 161 cm³/mol. The molecule has 9 nitrogen and oxygen atoms in total. The minimum atomic E-state index is -1.14. The number of hydrogen-bond donors (Lipinski definition) is 2. The van der Waals surface area contributed by atoms with Crippen molar-refractivity contribution in [2.24, 2.45) is 0 Å². The van der Waals surface area contributed by atoms with Gasteiger partial charge in [0.1, 0.15) is 6.04 Å². The molecule has 0 unspecified atom stereocenters. The molecule has 0 saturated heterocycles. The summed E-state index contributed by atoms with van der Waals surface area (Å²) < 4.78 is 16.6. The number of benzene rings is 2. The number of hydrogen-bond acceptors (Lipinski definition) is 7. The van der Waals surface area contributed by atoms with Crippen molar-refractivity contribution >= 4 is 34.7 Å². The second-order valence-corrected chi connectivity index (χ2v) is 11.7. The molecule has 2 N–H and O–H groups in total. The van der Waals surface area contributed by atoms with Gasteiger partial charge < -0.3 is 24.8 Å². The number of ether oxygens (including phenoxy) is 3. The predicted octanol–water partition coefficient (Wildman–Crippen LogP) is 5.32. The van der Waals surface area contributed by atoms with Gasteiger partial charge in [-0.2, -0.15) is 0 Å². The molecule has 1 aromatic heterocycles. The number of methoxy groups -OCH3 is 3. The SMILES string of the molecule is COc1cc([C@H](C(=O)NC(C)(C)C)N(C(=O)CNC(=O)c2cccs2)c2ccc(C(C)C)cc2)cc(OC)c1OC. The topological polar surface area (TPSA) is 106 Å². The zero-order valence-corrected chi connectivity index (χ0v) is 25.7. The number of carbonyl (C=O) groups excluding carboxylic acids is 3. The molecular weight excluding hydrogens is 542 g/mol. The van der Waals surface area contributed by atoms with Crippen molar-refractivity contribution < 1.29 is 28.6 Å². The van der Waals surface area contributed by atoms with E-state index in [1.807, 2.05) is 45.0 Å². The molecule has 0 spiro atoms. The van der Waals surface area contributed by atoms with Crippen LogP contribution < -0.4 is 29.7 Å². The number of carbonyl (C=O) groups is 3. The third-order valence-corrected chi connectivity index (χ3v) is 7.13. The van der Waals surface area contributed by atoms with Gasteiger partial charge in [-0.15, -0.1) is 11.3 Å². The minimum Gasteiger partial charge on any atom is -0.493 e. The number of amides is 3. The Morgan fingerprint density at radius 3 is 1.98 bits per heavy atom. The Kier molecular flexibility index (Phi) is 10.4. The first-order valence-corrected chi connectivity index (χ1v) is 14.1. The summed E-state index contributed by atoms with van der Waals surface area (Å²) in [6.45, 7) is 9.42. The van der Waals surface area contributed by atoms with Crippen LogP contribution in [0.3, 0.4) is 0 Å². The Morgan fingerprint density at radius 1 is 0.902 bits per heavy atom. The van der Waals surface area contributed by atoms with E-state index in [1.54, 1.807) is 29.6 Å². The fraction of sp³-hybridized carbons (Fsp3) is 0.387. The van der Waals surface area contributed by atoms with Crippen molar-refractivity contribution in [1.29, 1.82) is 0 Å². The van der Waals surface area contributed by atoms with Crippen LogP contribution in [0.2, 0.25) is 0 Å². The van der Waals surface area contributed by atoms with Gasteiger partial charge in [-0.25, -0.2) is 0 Å². The van der Waals surface area contributed by atoms with E-state index in [0.29, 0.717) is 33.4 Å². The monoisotopic (exact) mass is 581 g/mol. The van der Waals surface area contributed by atoms with Crippen LogP contribution in [0.4, 0.5) is 5.69 Å². The van der Waals surface area contributed by atoms with Crippen LogP contribution in [-0.4, -0.2) is 51.1 Å². The van der Waals surface area contributed by atoms with Crippen LogP contribution >= 0.6 is 11.3 Å². The van der Waals surface area contributed by atoms with E-state index in [0.717, 1.165) is 5.56 Å². The maximum atomic E-state index is 14.0. The van der Waals surface area contributed by atoms with Gasteiger partial charge in [-0.1, -0.05) is 32.0 Å². The van der Waals surface area contributed by atoms with Gasteiger partial charge >= 0.3 is 0 Å². The van der Waals surface area contributed by atoms with Crippen LogP contribution in [0, 0.1) is 0 Å². The highest BCUT2D eigenvalue weighted by molar-refractivity contribution is 7.12. The maximum absolute atomic E-state index is 14.0. The van der Waals surface area contributed by atoms with Crippen LogP contribution in [0.25, 0.3) is 0 Å². The number of rotatable bonds is 11. The van der Waals surface area contributed by atoms with Crippen LogP contribution in [0.5, 0.6) is 17.2 Å². The largest absolute Gasteiger partial charge is 0.493 e. The molecule has 3 rings (SSSR count). The molecule has 220 valence electrons. The fourth-order valence-electron chi connectivity index (χ4n) is 4.31. The smallest absolute Gasteiger partial charge is 0.261 e. The van der Waals surface area contributed by atoms with E-state index >= 15 is 0 Å². The molecule has 0 fully saturated rings. The van der Waals surface area contributed by atoms with Crippen LogP contribution in [0.15, 0.2) is 53.9 Å². The number of nitrogens with one attached hydrogen (secondary N) is 2. The average molecular weight is 582 g/mol. The molecule has 0 aliphatic heterocycles. The van der Waals surface area contributed by atoms with Gasteiger partial charge in [0.2, 0.25) is 17.6 Å². The third kappa shape index (κ3) is 7.79. The summed E-state index contributed by atoms with van der Waals surface area (Å²) in [5, 5.41) is 7.50. The van der Waals surface area contributed by atoms with E-state index in [1.165, 1.54) is 37.6 Å². The lowest BCUT2D eigenvalue weighted by atomic mass is 9.98. The Hall–Kier alpha value is -4.05. The first-order chi connectivity index (χ1) is 19.4. The van der Waals surface area contributed by atoms with Crippen LogP contribution in [0.1, 0.15) is 67.4 Å². The summed E-state index contributed by atoms with van der Waals surface area (Å²) in [7, 11) is 4.46. The lowest BCUT2D eigenvalue weighted by Crippen LogP contribution is -2.51. The van der Waals surface area contributed by atoms with E-state index in [9.17, 15) is 14.4 Å². The highest BCUT2D eigenvalue weighted by atomic mass is 32.1. The van der Waals surface area contributed by atoms with E-state index in [2.05, 4.69) is 24.5 Å². The van der Waals surface area contributed by atoms with Gasteiger partial charge in [0, 0.05) is 11.2 Å². The molecule has 0 bridgehead atoms. The van der Waals surface area contributed by atoms with Gasteiger partial charge in [0.15, 0.2) is 11.5 Å². The van der Waals surface area contributed by atoms with Crippen molar-refractivity contribution in [3.05, 3.63) is 69.9 Å². The van der Waals surface area contributed by atoms with Gasteiger partial charge in [0.05, 0.1) is 32.8 Å². The quantitative estimate of drug-likeness (QED) is 0.318. The molecule has 2 aromatic carbocycles. The van der Waals surface area contributed by atoms with Crippen molar-refractivity contribution in [2.45, 2.75) is 52.1 Å². The normalized spacial score (nSPS) is 11.9. The zero-order chi connectivity index (χ0) is 30.3. The molecule has 3 amide bonds. The highest BCUT2D eigenvalue weighted by Gasteiger charge is 2.36. The molecule has 10 heteroatoms. The Balaban J connectivity index is 2.18. The van der Waals surface area contributed by atoms with Crippen molar-refractivity contribution in [3.63, 3.8) is 0 Å². The summed E-state index contributed by atoms with van der Waals surface area (Å²) in [6, 6.07) is 13.1. The summed E-state index contributed by atoms with van der Waals surface area (Å²) >= 11 is 1.28. The van der Waals surface area contributed by atoms with E-state index < -0.39 is 23.4 Å². The first-order valence-electron chi connectivity index (χ1n) is 13.3. The van der Waals surface area contributed by atoms with E-state index in [4.69, 9.17) is 14.2 Å². The second kappa shape index (κ2) is 13.5. The standard InChI is InChI=1S/C31H39N3O6S/c1-19(2)20-11-13-22(14-12-20)34(26(35)18-32-29(36)25-10-9-15-41-25)27(30(37)33-31(3,4)5)21-16-23(38-6)28(40-8)24(17-21)39-7/h9-17,19,27H,18H2,1-8H3,(H,32,36)(H,33,37)/t27-/m1/s1. The molecule has 1 heterocycles. The minimum absolute atomic E-state index is 0.272. The molecular formula is C31H39N3O6S. The summed E-state index contributed by atoms with van der Waals surface area (Å²) in [4.78, 5) is 42.6. The van der Waals surface area contributed by atoms with Gasteiger partial charge in [0.25, 0.3) is 5.91 Å². The fourth-order valence-corrected chi connectivity index (χ4v) is 4.95. The summed E-state index contributed by atoms with van der Waals surface area (Å²) in [6.07, 6.45) is 0. The highest BCUT2D eigenvalue weighted by Crippen LogP contribution is 2.42. The third-order valence-electron chi connectivity index (χ3n) is 6.26. The number of nitrogens with zero attached hydrogens (tertiary/aromatic N) is 1. The molecule has 0 radical (unpaired) electrons. The molecule has 1 atom stereocenters.